The zero-order chi connectivity index (χ0) is 23.5. The maximum atomic E-state index is 12.5. The van der Waals surface area contributed by atoms with E-state index in [1.54, 1.807) is 4.52 Å². The molecule has 7 heteroatoms. The van der Waals surface area contributed by atoms with E-state index < -0.39 is 0 Å². The average molecular weight is 466 g/mol. The van der Waals surface area contributed by atoms with Gasteiger partial charge in [0.1, 0.15) is 0 Å². The summed E-state index contributed by atoms with van der Waals surface area (Å²) in [7, 11) is 0. The molecule has 2 aromatic heterocycles. The second-order valence-corrected chi connectivity index (χ2v) is 9.01. The molecule has 0 aliphatic rings. The van der Waals surface area contributed by atoms with Crippen molar-refractivity contribution < 1.29 is 4.79 Å². The Morgan fingerprint density at radius 3 is 2.35 bits per heavy atom. The number of carbonyl (C=O) groups excluding carboxylic acids is 1. The van der Waals surface area contributed by atoms with Crippen LogP contribution in [-0.4, -0.2) is 31.5 Å². The van der Waals surface area contributed by atoms with Crippen LogP contribution in [0.3, 0.4) is 0 Å². The molecule has 0 bridgehead atoms. The second-order valence-electron chi connectivity index (χ2n) is 8.07. The van der Waals surface area contributed by atoms with E-state index >= 15 is 0 Å². The highest BCUT2D eigenvalue weighted by atomic mass is 32.2. The van der Waals surface area contributed by atoms with Gasteiger partial charge in [-0.25, -0.2) is 0 Å². The summed E-state index contributed by atoms with van der Waals surface area (Å²) < 4.78 is 1.69. The number of benzene rings is 3. The van der Waals surface area contributed by atoms with Gasteiger partial charge in [-0.05, 0) is 48.7 Å². The lowest BCUT2D eigenvalue weighted by molar-refractivity contribution is -0.113. The van der Waals surface area contributed by atoms with Crippen LogP contribution < -0.4 is 5.32 Å². The van der Waals surface area contributed by atoms with Crippen LogP contribution in [0.15, 0.2) is 90.1 Å². The number of hydrogen-bond donors (Lipinski definition) is 1. The van der Waals surface area contributed by atoms with Crippen molar-refractivity contribution in [2.45, 2.75) is 19.0 Å². The molecule has 5 rings (SSSR count). The number of amides is 1. The Morgan fingerprint density at radius 2 is 1.59 bits per heavy atom. The van der Waals surface area contributed by atoms with Crippen LogP contribution in [-0.2, 0) is 4.79 Å². The molecule has 34 heavy (non-hydrogen) atoms. The van der Waals surface area contributed by atoms with Gasteiger partial charge in [-0.2, -0.15) is 9.61 Å². The van der Waals surface area contributed by atoms with Crippen molar-refractivity contribution in [3.8, 4) is 22.4 Å². The molecule has 0 aliphatic carbocycles. The first-order chi connectivity index (χ1) is 16.6. The van der Waals surface area contributed by atoms with E-state index in [1.807, 2.05) is 62.4 Å². The molecule has 0 aliphatic heterocycles. The van der Waals surface area contributed by atoms with Gasteiger partial charge in [-0.3, -0.25) is 4.79 Å². The van der Waals surface area contributed by atoms with Gasteiger partial charge in [0, 0.05) is 11.3 Å². The molecular formula is C27H23N5OS. The predicted octanol–water partition coefficient (Wildman–Crippen LogP) is 5.81. The topological polar surface area (TPSA) is 72.2 Å². The van der Waals surface area contributed by atoms with Gasteiger partial charge in [-0.1, -0.05) is 84.1 Å². The lowest BCUT2D eigenvalue weighted by atomic mass is 10.0. The zero-order valence-electron chi connectivity index (χ0n) is 18.9. The molecular weight excluding hydrogens is 442 g/mol. The maximum absolute atomic E-state index is 12.5. The van der Waals surface area contributed by atoms with Crippen molar-refractivity contribution in [3.05, 3.63) is 96.1 Å². The third kappa shape index (κ3) is 4.70. The number of carbonyl (C=O) groups is 1. The Labute approximate surface area is 202 Å². The minimum Gasteiger partial charge on any atom is -0.325 e. The highest BCUT2D eigenvalue weighted by Gasteiger charge is 2.13. The first-order valence-corrected chi connectivity index (χ1v) is 11.9. The van der Waals surface area contributed by atoms with E-state index in [4.69, 9.17) is 5.10 Å². The van der Waals surface area contributed by atoms with Gasteiger partial charge in [-0.15, -0.1) is 10.2 Å². The minimum atomic E-state index is -0.0960. The standard InChI is InChI=1S/C27H23N5OS/c1-18-8-13-23(19(2)16-18)28-26(33)17-34-27-30-29-25-15-14-24(31-32(25)27)22-11-9-21(10-12-22)20-6-4-3-5-7-20/h3-16H,17H2,1-2H3,(H,28,33). The van der Waals surface area contributed by atoms with Gasteiger partial charge in [0.25, 0.3) is 0 Å². The molecule has 0 unspecified atom stereocenters. The molecule has 0 spiro atoms. The molecule has 5 aromatic rings. The Hall–Kier alpha value is -3.97. The summed E-state index contributed by atoms with van der Waals surface area (Å²) in [4.78, 5) is 12.5. The first-order valence-electron chi connectivity index (χ1n) is 10.9. The lowest BCUT2D eigenvalue weighted by Gasteiger charge is -2.08. The Balaban J connectivity index is 1.31. The van der Waals surface area contributed by atoms with Crippen LogP contribution in [0.5, 0.6) is 0 Å². The number of fused-ring (bicyclic) bond motifs is 1. The summed E-state index contributed by atoms with van der Waals surface area (Å²) in [6.45, 7) is 4.02. The largest absolute Gasteiger partial charge is 0.325 e. The van der Waals surface area contributed by atoms with Crippen molar-refractivity contribution in [1.82, 2.24) is 19.8 Å². The van der Waals surface area contributed by atoms with Crippen molar-refractivity contribution in [1.29, 1.82) is 0 Å². The average Bonchev–Trinajstić information content (AvgIpc) is 3.27. The van der Waals surface area contributed by atoms with Crippen LogP contribution in [0, 0.1) is 13.8 Å². The number of nitrogens with one attached hydrogen (secondary N) is 1. The van der Waals surface area contributed by atoms with E-state index in [0.717, 1.165) is 33.6 Å². The van der Waals surface area contributed by atoms with Gasteiger partial charge in [0.05, 0.1) is 11.4 Å². The van der Waals surface area contributed by atoms with E-state index in [2.05, 4.69) is 51.9 Å². The first kappa shape index (κ1) is 21.9. The number of rotatable bonds is 6. The van der Waals surface area contributed by atoms with Crippen LogP contribution in [0.25, 0.3) is 28.0 Å². The molecule has 1 amide bonds. The maximum Gasteiger partial charge on any atom is 0.234 e. The normalized spacial score (nSPS) is 11.0. The van der Waals surface area contributed by atoms with Crippen LogP contribution >= 0.6 is 11.8 Å². The van der Waals surface area contributed by atoms with Crippen molar-refractivity contribution >= 4 is 29.0 Å². The minimum absolute atomic E-state index is 0.0960. The zero-order valence-corrected chi connectivity index (χ0v) is 19.7. The molecule has 6 nitrogen and oxygen atoms in total. The fourth-order valence-corrected chi connectivity index (χ4v) is 4.43. The van der Waals surface area contributed by atoms with Gasteiger partial charge < -0.3 is 5.32 Å². The van der Waals surface area contributed by atoms with Crippen LogP contribution in [0.1, 0.15) is 11.1 Å². The van der Waals surface area contributed by atoms with E-state index in [1.165, 1.54) is 17.3 Å². The number of anilines is 1. The van der Waals surface area contributed by atoms with Crippen LogP contribution in [0.4, 0.5) is 5.69 Å². The molecule has 0 fully saturated rings. The van der Waals surface area contributed by atoms with Crippen molar-refractivity contribution in [2.75, 3.05) is 11.1 Å². The Bertz CT molecular complexity index is 1460. The smallest absolute Gasteiger partial charge is 0.234 e. The van der Waals surface area contributed by atoms with E-state index in [-0.39, 0.29) is 11.7 Å². The number of nitrogens with zero attached hydrogens (tertiary/aromatic N) is 4. The van der Waals surface area contributed by atoms with Gasteiger partial charge >= 0.3 is 0 Å². The second kappa shape index (κ2) is 9.49. The number of aryl methyl sites for hydroxylation is 2. The third-order valence-electron chi connectivity index (χ3n) is 5.51. The third-order valence-corrected chi connectivity index (χ3v) is 6.43. The van der Waals surface area contributed by atoms with E-state index in [0.29, 0.717) is 10.8 Å². The fraction of sp³-hybridized carbons (Fsp3) is 0.111. The molecule has 0 saturated carbocycles. The molecule has 168 valence electrons. The fourth-order valence-electron chi connectivity index (χ4n) is 3.75. The van der Waals surface area contributed by atoms with E-state index in [9.17, 15) is 4.79 Å². The monoisotopic (exact) mass is 465 g/mol. The van der Waals surface area contributed by atoms with Gasteiger partial charge in [0.2, 0.25) is 11.1 Å². The summed E-state index contributed by atoms with van der Waals surface area (Å²) >= 11 is 1.31. The summed E-state index contributed by atoms with van der Waals surface area (Å²) in [5, 5.41) is 16.7. The molecule has 2 heterocycles. The summed E-state index contributed by atoms with van der Waals surface area (Å²) in [5.41, 5.74) is 7.80. The molecule has 3 aromatic carbocycles. The number of hydrogen-bond acceptors (Lipinski definition) is 5. The quantitative estimate of drug-likeness (QED) is 0.321. The lowest BCUT2D eigenvalue weighted by Crippen LogP contribution is -2.15. The number of aromatic nitrogens is 4. The SMILES string of the molecule is Cc1ccc(NC(=O)CSc2nnc3ccc(-c4ccc(-c5ccccc5)cc4)nn23)c(C)c1. The molecule has 0 atom stereocenters. The molecule has 1 N–H and O–H groups in total. The summed E-state index contributed by atoms with van der Waals surface area (Å²) in [6.07, 6.45) is 0. The summed E-state index contributed by atoms with van der Waals surface area (Å²) in [6, 6.07) is 28.4. The highest BCUT2D eigenvalue weighted by Crippen LogP contribution is 2.25. The Kier molecular flexibility index (Phi) is 6.10. The number of thioether (sulfide) groups is 1. The predicted molar refractivity (Wildman–Crippen MR) is 137 cm³/mol. The van der Waals surface area contributed by atoms with Crippen molar-refractivity contribution in [3.63, 3.8) is 0 Å². The summed E-state index contributed by atoms with van der Waals surface area (Å²) in [5.74, 6) is 0.118. The highest BCUT2D eigenvalue weighted by molar-refractivity contribution is 7.99. The molecule has 0 saturated heterocycles. The molecule has 0 radical (unpaired) electrons. The Morgan fingerprint density at radius 1 is 0.853 bits per heavy atom. The van der Waals surface area contributed by atoms with Crippen LogP contribution in [0.2, 0.25) is 0 Å². The van der Waals surface area contributed by atoms with Crippen molar-refractivity contribution in [2.24, 2.45) is 0 Å². The van der Waals surface area contributed by atoms with Gasteiger partial charge in [0.15, 0.2) is 5.65 Å².